The van der Waals surface area contributed by atoms with E-state index < -0.39 is 0 Å². The monoisotopic (exact) mass is 584 g/mol. The molecule has 1 atom stereocenters. The van der Waals surface area contributed by atoms with E-state index in [0.717, 1.165) is 47.6 Å². The van der Waals surface area contributed by atoms with Gasteiger partial charge in [-0.05, 0) is 84.7 Å². The number of thioether (sulfide) groups is 1. The van der Waals surface area contributed by atoms with Gasteiger partial charge in [-0.1, -0.05) is 114 Å². The number of hydrogen-bond donors (Lipinski definition) is 0. The van der Waals surface area contributed by atoms with Crippen LogP contribution in [-0.4, -0.2) is 16.0 Å². The van der Waals surface area contributed by atoms with Crippen molar-refractivity contribution < 1.29 is 9.18 Å². The van der Waals surface area contributed by atoms with Crippen LogP contribution in [0.2, 0.25) is 0 Å². The van der Waals surface area contributed by atoms with Gasteiger partial charge in [0.05, 0.1) is 0 Å². The molecule has 0 fully saturated rings. The molecule has 0 spiro atoms. The molecule has 0 radical (unpaired) electrons. The fourth-order valence-corrected chi connectivity index (χ4v) is 6.38. The van der Waals surface area contributed by atoms with Crippen LogP contribution in [0.25, 0.3) is 6.08 Å². The van der Waals surface area contributed by atoms with Gasteiger partial charge in [0.15, 0.2) is 0 Å². The van der Waals surface area contributed by atoms with E-state index in [-0.39, 0.29) is 11.2 Å². The number of benzene rings is 3. The van der Waals surface area contributed by atoms with E-state index in [1.54, 1.807) is 17.7 Å². The molecule has 0 amide bonds. The predicted molar refractivity (Wildman–Crippen MR) is 179 cm³/mol. The first-order valence-electron chi connectivity index (χ1n) is 15.3. The molecular weight excluding hydrogens is 539 g/mol. The summed E-state index contributed by atoms with van der Waals surface area (Å²) >= 11 is 1.74. The molecule has 1 heterocycles. The normalized spacial score (nSPS) is 14.1. The maximum atomic E-state index is 13.4. The minimum absolute atomic E-state index is 0.0718. The average Bonchev–Trinajstić information content (AvgIpc) is 3.45. The lowest BCUT2D eigenvalue weighted by Gasteiger charge is -2.27. The second-order valence-electron chi connectivity index (χ2n) is 10.7. The molecule has 3 aromatic carbocycles. The van der Waals surface area contributed by atoms with Crippen molar-refractivity contribution in [3.63, 3.8) is 0 Å². The summed E-state index contributed by atoms with van der Waals surface area (Å²) in [5.41, 5.74) is 8.20. The van der Waals surface area contributed by atoms with Gasteiger partial charge in [0.1, 0.15) is 22.2 Å². The minimum Gasteiger partial charge on any atom is -0.251 e. The van der Waals surface area contributed by atoms with Gasteiger partial charge in [-0.2, -0.15) is 5.10 Å². The Bertz CT molecular complexity index is 1370. The number of halogens is 1. The van der Waals surface area contributed by atoms with Crippen molar-refractivity contribution >= 4 is 28.8 Å². The van der Waals surface area contributed by atoms with Crippen LogP contribution in [-0.2, 0) is 17.6 Å². The maximum Gasteiger partial charge on any atom is 0.129 e. The Balaban J connectivity index is 0.000000369. The summed E-state index contributed by atoms with van der Waals surface area (Å²) in [6.07, 6.45) is 12.0. The molecule has 5 heteroatoms. The van der Waals surface area contributed by atoms with Gasteiger partial charge < -0.3 is 0 Å². The van der Waals surface area contributed by atoms with Gasteiger partial charge in [-0.25, -0.2) is 9.18 Å². The summed E-state index contributed by atoms with van der Waals surface area (Å²) in [6.45, 7) is 13.1. The number of allylic oxidation sites excluding steroid dienone is 1. The zero-order valence-electron chi connectivity index (χ0n) is 25.7. The quantitative estimate of drug-likeness (QED) is 0.148. The van der Waals surface area contributed by atoms with Crippen LogP contribution < -0.4 is 0 Å². The lowest BCUT2D eigenvalue weighted by Crippen LogP contribution is -2.18. The first-order chi connectivity index (χ1) is 20.4. The standard InChI is InChI=1S/C27H35FN2S.C10H10O/c1-5-7-8-9-10-11-14-21(4)30-27(25-15-12-13-20(3)24(25)6-2)31-26(29-30)22-16-18-23(28)19-17-22;1-2-9-4-3-5-10(8-9)6-7-11/h12-13,15-19,27H,4-11,14H2,1-3H3;3-6,8H,2H2,1H3. The molecule has 1 aliphatic heterocycles. The third-order valence-corrected chi connectivity index (χ3v) is 8.75. The van der Waals surface area contributed by atoms with E-state index in [9.17, 15) is 9.18 Å². The van der Waals surface area contributed by atoms with Crippen molar-refractivity contribution in [2.75, 3.05) is 0 Å². The molecular formula is C37H45FN2OS. The highest BCUT2D eigenvalue weighted by Crippen LogP contribution is 2.45. The number of rotatable bonds is 13. The lowest BCUT2D eigenvalue weighted by molar-refractivity contribution is 0.339. The molecule has 1 aliphatic rings. The van der Waals surface area contributed by atoms with Gasteiger partial charge in [0, 0.05) is 17.3 Å². The van der Waals surface area contributed by atoms with E-state index in [1.165, 1.54) is 72.6 Å². The topological polar surface area (TPSA) is 32.7 Å². The van der Waals surface area contributed by atoms with E-state index in [1.807, 2.05) is 36.4 Å². The van der Waals surface area contributed by atoms with Crippen molar-refractivity contribution in [1.82, 2.24) is 5.01 Å². The molecule has 0 saturated carbocycles. The summed E-state index contributed by atoms with van der Waals surface area (Å²) in [5.74, 6) is 1.54. The van der Waals surface area contributed by atoms with Crippen molar-refractivity contribution in [1.29, 1.82) is 0 Å². The number of hydrazone groups is 1. The number of carbonyl (C=O) groups excluding carboxylic acids is 1. The van der Waals surface area contributed by atoms with Crippen LogP contribution in [0.4, 0.5) is 4.39 Å². The Kier molecular flexibility index (Phi) is 13.8. The summed E-state index contributed by atoms with van der Waals surface area (Å²) in [4.78, 5) is 9.99. The lowest BCUT2D eigenvalue weighted by atomic mass is 9.99. The zero-order valence-corrected chi connectivity index (χ0v) is 26.5. The molecule has 3 nitrogen and oxygen atoms in total. The van der Waals surface area contributed by atoms with Crippen molar-refractivity contribution in [2.45, 2.75) is 90.9 Å². The van der Waals surface area contributed by atoms with Crippen LogP contribution in [0.5, 0.6) is 0 Å². The Hall–Kier alpha value is -3.40. The van der Waals surface area contributed by atoms with E-state index in [0.29, 0.717) is 0 Å². The largest absolute Gasteiger partial charge is 0.251 e. The molecule has 0 bridgehead atoms. The minimum atomic E-state index is -0.222. The Morgan fingerprint density at radius 3 is 2.38 bits per heavy atom. The Labute approximate surface area is 256 Å². The smallest absolute Gasteiger partial charge is 0.129 e. The van der Waals surface area contributed by atoms with Gasteiger partial charge >= 0.3 is 0 Å². The van der Waals surface area contributed by atoms with Gasteiger partial charge in [-0.3, -0.25) is 5.01 Å². The molecule has 0 N–H and O–H groups in total. The number of hydrogen-bond acceptors (Lipinski definition) is 4. The summed E-state index contributed by atoms with van der Waals surface area (Å²) in [7, 11) is 0. The number of unbranched alkanes of at least 4 members (excludes halogenated alkanes) is 5. The van der Waals surface area contributed by atoms with Crippen molar-refractivity contribution in [2.24, 2.45) is 5.10 Å². The van der Waals surface area contributed by atoms with Gasteiger partial charge in [-0.15, -0.1) is 0 Å². The SMILES string of the molecule is C=C(CCCCCCCC)N1N=C(c2ccc(F)cc2)SC1c1cccc(C)c1CC.CCc1cccc(C=C=O)c1. The summed E-state index contributed by atoms with van der Waals surface area (Å²) in [6, 6.07) is 21.0. The summed E-state index contributed by atoms with van der Waals surface area (Å²) < 4.78 is 13.4. The molecule has 0 aromatic heterocycles. The summed E-state index contributed by atoms with van der Waals surface area (Å²) in [5, 5.41) is 8.08. The van der Waals surface area contributed by atoms with Crippen LogP contribution in [0.1, 0.15) is 104 Å². The zero-order chi connectivity index (χ0) is 30.3. The first kappa shape index (κ1) is 33.1. The van der Waals surface area contributed by atoms with E-state index in [2.05, 4.69) is 57.5 Å². The Morgan fingerprint density at radius 1 is 0.976 bits per heavy atom. The molecule has 0 saturated heterocycles. The highest BCUT2D eigenvalue weighted by atomic mass is 32.2. The van der Waals surface area contributed by atoms with E-state index in [4.69, 9.17) is 5.10 Å². The highest BCUT2D eigenvalue weighted by Gasteiger charge is 2.32. The maximum absolute atomic E-state index is 13.4. The van der Waals surface area contributed by atoms with E-state index >= 15 is 0 Å². The predicted octanol–water partition coefficient (Wildman–Crippen LogP) is 10.5. The molecule has 42 heavy (non-hydrogen) atoms. The van der Waals surface area contributed by atoms with Crippen LogP contribution in [0.3, 0.4) is 0 Å². The van der Waals surface area contributed by atoms with Crippen LogP contribution in [0.15, 0.2) is 84.1 Å². The van der Waals surface area contributed by atoms with Crippen molar-refractivity contribution in [3.05, 3.63) is 118 Å². The average molecular weight is 585 g/mol. The fraction of sp³-hybridized carbons (Fsp3) is 0.378. The Morgan fingerprint density at radius 2 is 1.69 bits per heavy atom. The molecule has 3 aromatic rings. The molecule has 1 unspecified atom stereocenters. The van der Waals surface area contributed by atoms with Gasteiger partial charge in [0.2, 0.25) is 0 Å². The third kappa shape index (κ3) is 9.58. The van der Waals surface area contributed by atoms with Gasteiger partial charge in [0.25, 0.3) is 0 Å². The fourth-order valence-electron chi connectivity index (χ4n) is 5.11. The van der Waals surface area contributed by atoms with Crippen LogP contribution in [0, 0.1) is 12.7 Å². The second-order valence-corrected chi connectivity index (χ2v) is 11.7. The number of nitrogens with zero attached hydrogens (tertiary/aromatic N) is 2. The molecule has 0 aliphatic carbocycles. The number of aryl methyl sites for hydroxylation is 2. The first-order valence-corrected chi connectivity index (χ1v) is 16.2. The second kappa shape index (κ2) is 17.5. The third-order valence-electron chi connectivity index (χ3n) is 7.53. The molecule has 222 valence electrons. The highest BCUT2D eigenvalue weighted by molar-refractivity contribution is 8.14. The van der Waals surface area contributed by atoms with Crippen LogP contribution >= 0.6 is 11.8 Å². The van der Waals surface area contributed by atoms with Crippen molar-refractivity contribution in [3.8, 4) is 0 Å². The molecule has 4 rings (SSSR count).